The van der Waals surface area contributed by atoms with Crippen molar-refractivity contribution in [2.45, 2.75) is 32.2 Å². The monoisotopic (exact) mass is 260 g/mol. The molecule has 1 aromatic heterocycles. The molecule has 19 heavy (non-hydrogen) atoms. The van der Waals surface area contributed by atoms with Gasteiger partial charge in [-0.25, -0.2) is 9.59 Å². The van der Waals surface area contributed by atoms with Crippen LogP contribution < -0.4 is 5.69 Å². The molecule has 1 aliphatic rings. The minimum atomic E-state index is -0.969. The van der Waals surface area contributed by atoms with Crippen molar-refractivity contribution in [3.63, 3.8) is 0 Å². The summed E-state index contributed by atoms with van der Waals surface area (Å²) in [6.07, 6.45) is 4.75. The molecule has 1 aliphatic carbocycles. The molecule has 2 N–H and O–H groups in total. The van der Waals surface area contributed by atoms with E-state index in [1.165, 1.54) is 18.9 Å². The van der Waals surface area contributed by atoms with Crippen LogP contribution in [0.15, 0.2) is 23.0 Å². The molecule has 1 heterocycles. The maximum Gasteiger partial charge on any atom is 0.335 e. The van der Waals surface area contributed by atoms with Crippen LogP contribution in [-0.4, -0.2) is 20.6 Å². The molecule has 0 radical (unpaired) electrons. The molecule has 5 nitrogen and oxygen atoms in total. The van der Waals surface area contributed by atoms with Crippen LogP contribution in [0.5, 0.6) is 0 Å². The van der Waals surface area contributed by atoms with Gasteiger partial charge in [0.2, 0.25) is 0 Å². The third-order valence-corrected chi connectivity index (χ3v) is 3.94. The van der Waals surface area contributed by atoms with Crippen molar-refractivity contribution in [2.75, 3.05) is 0 Å². The van der Waals surface area contributed by atoms with E-state index in [2.05, 4.69) is 4.98 Å². The van der Waals surface area contributed by atoms with Gasteiger partial charge in [-0.1, -0.05) is 12.8 Å². The average molecular weight is 260 g/mol. The summed E-state index contributed by atoms with van der Waals surface area (Å²) in [7, 11) is 0. The van der Waals surface area contributed by atoms with Crippen LogP contribution in [0.4, 0.5) is 0 Å². The highest BCUT2D eigenvalue weighted by atomic mass is 16.4. The van der Waals surface area contributed by atoms with Crippen LogP contribution in [0.2, 0.25) is 0 Å². The second-order valence-electron chi connectivity index (χ2n) is 5.23. The summed E-state index contributed by atoms with van der Waals surface area (Å²) in [4.78, 5) is 25.8. The fourth-order valence-electron chi connectivity index (χ4n) is 2.92. The molecule has 1 aromatic carbocycles. The zero-order valence-electron chi connectivity index (χ0n) is 10.6. The fourth-order valence-corrected chi connectivity index (χ4v) is 2.92. The van der Waals surface area contributed by atoms with Crippen molar-refractivity contribution in [2.24, 2.45) is 5.92 Å². The van der Waals surface area contributed by atoms with E-state index in [4.69, 9.17) is 5.11 Å². The summed E-state index contributed by atoms with van der Waals surface area (Å²) in [6.45, 7) is 0.682. The summed E-state index contributed by atoms with van der Waals surface area (Å²) in [6, 6.07) is 4.75. The van der Waals surface area contributed by atoms with Gasteiger partial charge in [0.25, 0.3) is 0 Å². The average Bonchev–Trinajstić information content (AvgIpc) is 2.98. The van der Waals surface area contributed by atoms with Crippen molar-refractivity contribution >= 4 is 17.0 Å². The third-order valence-electron chi connectivity index (χ3n) is 3.94. The first-order valence-corrected chi connectivity index (χ1v) is 6.61. The van der Waals surface area contributed by atoms with Gasteiger partial charge in [-0.15, -0.1) is 0 Å². The maximum atomic E-state index is 12.0. The topological polar surface area (TPSA) is 75.1 Å². The number of nitrogens with one attached hydrogen (secondary N) is 1. The summed E-state index contributed by atoms with van der Waals surface area (Å²) in [5.41, 5.74) is 1.46. The first-order valence-electron chi connectivity index (χ1n) is 6.61. The van der Waals surface area contributed by atoms with Crippen molar-refractivity contribution in [1.82, 2.24) is 9.55 Å². The van der Waals surface area contributed by atoms with Crippen LogP contribution >= 0.6 is 0 Å². The lowest BCUT2D eigenvalue weighted by Crippen LogP contribution is -2.20. The standard InChI is InChI=1S/C14H16N2O3/c17-13(18)10-5-6-11-12(7-10)16(14(19)15-11)8-9-3-1-2-4-9/h5-7,9H,1-4,8H2,(H,15,19)(H,17,18). The molecule has 2 aromatic rings. The lowest BCUT2D eigenvalue weighted by Gasteiger charge is -2.10. The molecule has 0 aliphatic heterocycles. The Labute approximate surface area is 109 Å². The van der Waals surface area contributed by atoms with E-state index in [-0.39, 0.29) is 11.3 Å². The molecule has 0 spiro atoms. The molecule has 3 rings (SSSR count). The second-order valence-corrected chi connectivity index (χ2v) is 5.23. The number of benzene rings is 1. The van der Waals surface area contributed by atoms with E-state index in [1.54, 1.807) is 16.7 Å². The number of aromatic amines is 1. The molecule has 100 valence electrons. The minimum Gasteiger partial charge on any atom is -0.478 e. The van der Waals surface area contributed by atoms with E-state index in [9.17, 15) is 9.59 Å². The van der Waals surface area contributed by atoms with Crippen molar-refractivity contribution in [3.8, 4) is 0 Å². The Morgan fingerprint density at radius 3 is 2.79 bits per heavy atom. The number of H-pyrrole nitrogens is 1. The molecule has 0 saturated heterocycles. The van der Waals surface area contributed by atoms with E-state index >= 15 is 0 Å². The van der Waals surface area contributed by atoms with Crippen molar-refractivity contribution in [1.29, 1.82) is 0 Å². The van der Waals surface area contributed by atoms with Crippen LogP contribution in [0.3, 0.4) is 0 Å². The molecular weight excluding hydrogens is 244 g/mol. The van der Waals surface area contributed by atoms with Gasteiger partial charge in [-0.05, 0) is 37.0 Å². The Bertz CT molecular complexity index is 678. The molecule has 0 atom stereocenters. The molecular formula is C14H16N2O3. The molecule has 5 heteroatoms. The zero-order valence-corrected chi connectivity index (χ0v) is 10.6. The van der Waals surface area contributed by atoms with Crippen molar-refractivity contribution in [3.05, 3.63) is 34.2 Å². The van der Waals surface area contributed by atoms with E-state index in [0.29, 0.717) is 23.5 Å². The Balaban J connectivity index is 2.05. The van der Waals surface area contributed by atoms with E-state index in [0.717, 1.165) is 12.8 Å². The second kappa shape index (κ2) is 4.57. The SMILES string of the molecule is O=C(O)c1ccc2[nH]c(=O)n(CC3CCCC3)c2c1. The lowest BCUT2D eigenvalue weighted by molar-refractivity contribution is 0.0697. The molecule has 0 unspecified atom stereocenters. The van der Waals surface area contributed by atoms with Gasteiger partial charge < -0.3 is 10.1 Å². The number of carboxylic acids is 1. The summed E-state index contributed by atoms with van der Waals surface area (Å²) < 4.78 is 1.68. The quantitative estimate of drug-likeness (QED) is 0.888. The summed E-state index contributed by atoms with van der Waals surface area (Å²) in [5, 5.41) is 9.03. The van der Waals surface area contributed by atoms with E-state index < -0.39 is 5.97 Å². The number of hydrogen-bond donors (Lipinski definition) is 2. The highest BCUT2D eigenvalue weighted by Gasteiger charge is 2.18. The number of hydrogen-bond acceptors (Lipinski definition) is 2. The van der Waals surface area contributed by atoms with Crippen LogP contribution in [0.25, 0.3) is 11.0 Å². The predicted octanol–water partition coefficient (Wildman–Crippen LogP) is 2.22. The Kier molecular flexibility index (Phi) is 2.89. The van der Waals surface area contributed by atoms with Crippen LogP contribution in [0, 0.1) is 5.92 Å². The number of imidazole rings is 1. The fraction of sp³-hybridized carbons (Fsp3) is 0.429. The van der Waals surface area contributed by atoms with Gasteiger partial charge in [0.1, 0.15) is 0 Å². The largest absolute Gasteiger partial charge is 0.478 e. The number of aromatic nitrogens is 2. The van der Waals surface area contributed by atoms with Gasteiger partial charge in [-0.2, -0.15) is 0 Å². The smallest absolute Gasteiger partial charge is 0.335 e. The van der Waals surface area contributed by atoms with Gasteiger partial charge in [-0.3, -0.25) is 4.57 Å². The highest BCUT2D eigenvalue weighted by molar-refractivity contribution is 5.92. The zero-order chi connectivity index (χ0) is 13.4. The summed E-state index contributed by atoms with van der Waals surface area (Å²) in [5.74, 6) is -0.437. The number of fused-ring (bicyclic) bond motifs is 1. The number of carboxylic acid groups (broad SMARTS) is 1. The third kappa shape index (κ3) is 2.16. The number of rotatable bonds is 3. The minimum absolute atomic E-state index is 0.149. The van der Waals surface area contributed by atoms with Gasteiger partial charge >= 0.3 is 11.7 Å². The van der Waals surface area contributed by atoms with Crippen LogP contribution in [0.1, 0.15) is 36.0 Å². The molecule has 1 saturated carbocycles. The van der Waals surface area contributed by atoms with Gasteiger partial charge in [0.15, 0.2) is 0 Å². The predicted molar refractivity (Wildman–Crippen MR) is 71.5 cm³/mol. The Morgan fingerprint density at radius 1 is 1.37 bits per heavy atom. The van der Waals surface area contributed by atoms with Crippen LogP contribution in [-0.2, 0) is 6.54 Å². The highest BCUT2D eigenvalue weighted by Crippen LogP contribution is 2.26. The lowest BCUT2D eigenvalue weighted by atomic mass is 10.1. The number of nitrogens with zero attached hydrogens (tertiary/aromatic N) is 1. The molecule has 1 fully saturated rings. The normalized spacial score (nSPS) is 16.2. The first-order chi connectivity index (χ1) is 9.15. The molecule has 0 amide bonds. The maximum absolute atomic E-state index is 12.0. The number of aromatic carboxylic acids is 1. The summed E-state index contributed by atoms with van der Waals surface area (Å²) >= 11 is 0. The Hall–Kier alpha value is -2.04. The number of carbonyl (C=O) groups is 1. The Morgan fingerprint density at radius 2 is 2.11 bits per heavy atom. The van der Waals surface area contributed by atoms with E-state index in [1.807, 2.05) is 0 Å². The first kappa shape index (κ1) is 12.0. The van der Waals surface area contributed by atoms with Gasteiger partial charge in [0.05, 0.1) is 16.6 Å². The molecule has 0 bridgehead atoms. The van der Waals surface area contributed by atoms with Gasteiger partial charge in [0, 0.05) is 6.54 Å². The van der Waals surface area contributed by atoms with Crippen molar-refractivity contribution < 1.29 is 9.90 Å².